The van der Waals surface area contributed by atoms with Gasteiger partial charge in [0.25, 0.3) is 0 Å². The van der Waals surface area contributed by atoms with Gasteiger partial charge in [0.1, 0.15) is 0 Å². The van der Waals surface area contributed by atoms with Crippen LogP contribution in [0.4, 0.5) is 4.79 Å². The number of allylic oxidation sites excluding steroid dienone is 1. The van der Waals surface area contributed by atoms with Crippen LogP contribution in [0.5, 0.6) is 0 Å². The SMILES string of the molecule is C=CC(C)C.Cc1ccc(CN(C(=O)NC(C)(C)c2ccc(C)cc2)C2CCN(C)CC2)cc1. The van der Waals surface area contributed by atoms with E-state index in [4.69, 9.17) is 0 Å². The van der Waals surface area contributed by atoms with Crippen LogP contribution in [0.2, 0.25) is 0 Å². The first-order valence-electron chi connectivity index (χ1n) is 12.5. The van der Waals surface area contributed by atoms with Crippen molar-refractivity contribution in [2.45, 2.75) is 72.5 Å². The zero-order valence-electron chi connectivity index (χ0n) is 22.4. The van der Waals surface area contributed by atoms with Crippen LogP contribution in [-0.2, 0) is 12.1 Å². The summed E-state index contributed by atoms with van der Waals surface area (Å²) in [5.74, 6) is 0.648. The number of carbonyl (C=O) groups excluding carboxylic acids is 1. The van der Waals surface area contributed by atoms with Gasteiger partial charge in [-0.05, 0) is 77.7 Å². The Hall–Kier alpha value is -2.59. The third-order valence-electron chi connectivity index (χ3n) is 6.53. The van der Waals surface area contributed by atoms with Crippen molar-refractivity contribution >= 4 is 6.03 Å². The van der Waals surface area contributed by atoms with Crippen LogP contribution < -0.4 is 5.32 Å². The van der Waals surface area contributed by atoms with Crippen molar-refractivity contribution in [3.63, 3.8) is 0 Å². The van der Waals surface area contributed by atoms with Gasteiger partial charge in [-0.25, -0.2) is 4.79 Å². The molecule has 2 amide bonds. The van der Waals surface area contributed by atoms with Crippen LogP contribution in [0, 0.1) is 19.8 Å². The van der Waals surface area contributed by atoms with E-state index in [1.807, 2.05) is 11.0 Å². The summed E-state index contributed by atoms with van der Waals surface area (Å²) < 4.78 is 0. The molecule has 0 atom stereocenters. The molecular formula is C30H45N3O. The summed E-state index contributed by atoms with van der Waals surface area (Å²) in [7, 11) is 2.15. The molecule has 1 saturated heterocycles. The number of aryl methyl sites for hydroxylation is 2. The summed E-state index contributed by atoms with van der Waals surface area (Å²) in [5.41, 5.74) is 4.34. The maximum absolute atomic E-state index is 13.5. The van der Waals surface area contributed by atoms with E-state index < -0.39 is 5.54 Å². The lowest BCUT2D eigenvalue weighted by Gasteiger charge is -2.39. The van der Waals surface area contributed by atoms with Gasteiger partial charge >= 0.3 is 6.03 Å². The number of likely N-dealkylation sites (tertiary alicyclic amines) is 1. The number of urea groups is 1. The highest BCUT2D eigenvalue weighted by Gasteiger charge is 2.31. The molecule has 186 valence electrons. The van der Waals surface area contributed by atoms with E-state index in [9.17, 15) is 4.79 Å². The number of amides is 2. The molecule has 0 bridgehead atoms. The average Bonchev–Trinajstić information content (AvgIpc) is 2.79. The molecule has 0 aliphatic carbocycles. The predicted octanol–water partition coefficient (Wildman–Crippen LogP) is 6.67. The van der Waals surface area contributed by atoms with E-state index in [0.717, 1.165) is 31.5 Å². The van der Waals surface area contributed by atoms with Crippen LogP contribution in [0.25, 0.3) is 0 Å². The van der Waals surface area contributed by atoms with Gasteiger partial charge < -0.3 is 15.1 Å². The molecular weight excluding hydrogens is 418 g/mol. The Kier molecular flexibility index (Phi) is 10.4. The lowest BCUT2D eigenvalue weighted by atomic mass is 9.93. The van der Waals surface area contributed by atoms with Crippen LogP contribution in [0.3, 0.4) is 0 Å². The molecule has 3 rings (SSSR count). The monoisotopic (exact) mass is 463 g/mol. The van der Waals surface area contributed by atoms with Crippen LogP contribution in [0.15, 0.2) is 61.2 Å². The van der Waals surface area contributed by atoms with Gasteiger partial charge in [-0.3, -0.25) is 0 Å². The highest BCUT2D eigenvalue weighted by molar-refractivity contribution is 5.75. The molecule has 2 aromatic rings. The van der Waals surface area contributed by atoms with Gasteiger partial charge in [0.05, 0.1) is 5.54 Å². The molecule has 34 heavy (non-hydrogen) atoms. The Labute approximate surface area is 208 Å². The summed E-state index contributed by atoms with van der Waals surface area (Å²) >= 11 is 0. The summed E-state index contributed by atoms with van der Waals surface area (Å²) in [6.45, 7) is 18.8. The van der Waals surface area contributed by atoms with Crippen molar-refractivity contribution in [2.24, 2.45) is 5.92 Å². The quantitative estimate of drug-likeness (QED) is 0.485. The van der Waals surface area contributed by atoms with E-state index in [1.54, 1.807) is 0 Å². The van der Waals surface area contributed by atoms with E-state index >= 15 is 0 Å². The number of nitrogens with one attached hydrogen (secondary N) is 1. The van der Waals surface area contributed by atoms with Gasteiger partial charge in [-0.15, -0.1) is 6.58 Å². The molecule has 1 N–H and O–H groups in total. The Bertz CT molecular complexity index is 892. The fraction of sp³-hybridized carbons (Fsp3) is 0.500. The second-order valence-electron chi connectivity index (χ2n) is 10.5. The molecule has 1 aliphatic heterocycles. The fourth-order valence-corrected chi connectivity index (χ4v) is 3.95. The zero-order chi connectivity index (χ0) is 25.3. The minimum atomic E-state index is -0.429. The Balaban J connectivity index is 0.000000739. The van der Waals surface area contributed by atoms with Crippen LogP contribution in [0.1, 0.15) is 62.8 Å². The third kappa shape index (κ3) is 8.64. The second kappa shape index (κ2) is 12.8. The first-order valence-corrected chi connectivity index (χ1v) is 12.5. The first kappa shape index (κ1) is 27.7. The van der Waals surface area contributed by atoms with Gasteiger partial charge in [0, 0.05) is 12.6 Å². The maximum Gasteiger partial charge on any atom is 0.318 e. The topological polar surface area (TPSA) is 35.6 Å². The summed E-state index contributed by atoms with van der Waals surface area (Å²) in [4.78, 5) is 17.8. The highest BCUT2D eigenvalue weighted by atomic mass is 16.2. The van der Waals surface area contributed by atoms with E-state index in [1.165, 1.54) is 16.7 Å². The van der Waals surface area contributed by atoms with Crippen molar-refractivity contribution in [3.05, 3.63) is 83.4 Å². The molecule has 0 saturated carbocycles. The summed E-state index contributed by atoms with van der Waals surface area (Å²) in [6.07, 6.45) is 3.95. The van der Waals surface area contributed by atoms with Gasteiger partial charge in [0.2, 0.25) is 0 Å². The first-order chi connectivity index (χ1) is 16.0. The smallest absolute Gasteiger partial charge is 0.318 e. The van der Waals surface area contributed by atoms with Crippen LogP contribution in [-0.4, -0.2) is 42.0 Å². The average molecular weight is 464 g/mol. The third-order valence-corrected chi connectivity index (χ3v) is 6.53. The number of piperidine rings is 1. The molecule has 1 aliphatic rings. The highest BCUT2D eigenvalue weighted by Crippen LogP contribution is 2.24. The summed E-state index contributed by atoms with van der Waals surface area (Å²) in [6, 6.07) is 17.2. The standard InChI is InChI=1S/C25H35N3O.C5H10/c1-19-6-10-21(11-7-19)18-28(23-14-16-27(5)17-15-23)24(29)26-25(3,4)22-12-8-20(2)9-13-22;1-4-5(2)3/h6-13,23H,14-18H2,1-5H3,(H,26,29);4-5H,1H2,2-3H3. The molecule has 4 heteroatoms. The van der Waals surface area contributed by atoms with Crippen molar-refractivity contribution in [1.82, 2.24) is 15.1 Å². The van der Waals surface area contributed by atoms with Crippen LogP contribution >= 0.6 is 0 Å². The van der Waals surface area contributed by atoms with E-state index in [0.29, 0.717) is 12.5 Å². The number of hydrogen-bond donors (Lipinski definition) is 1. The van der Waals surface area contributed by atoms with Gasteiger partial charge in [0.15, 0.2) is 0 Å². The fourth-order valence-electron chi connectivity index (χ4n) is 3.95. The van der Waals surface area contributed by atoms with Crippen molar-refractivity contribution in [2.75, 3.05) is 20.1 Å². The molecule has 0 unspecified atom stereocenters. The number of hydrogen-bond acceptors (Lipinski definition) is 2. The minimum absolute atomic E-state index is 0.0192. The van der Waals surface area contributed by atoms with Gasteiger partial charge in [-0.2, -0.15) is 0 Å². The van der Waals surface area contributed by atoms with E-state index in [-0.39, 0.29) is 12.1 Å². The largest absolute Gasteiger partial charge is 0.329 e. The lowest BCUT2D eigenvalue weighted by Crippen LogP contribution is -2.53. The predicted molar refractivity (Wildman–Crippen MR) is 145 cm³/mol. The van der Waals surface area contributed by atoms with Gasteiger partial charge in [-0.1, -0.05) is 79.6 Å². The second-order valence-corrected chi connectivity index (χ2v) is 10.5. The lowest BCUT2D eigenvalue weighted by molar-refractivity contribution is 0.121. The zero-order valence-corrected chi connectivity index (χ0v) is 22.4. The summed E-state index contributed by atoms with van der Waals surface area (Å²) in [5, 5.41) is 3.31. The number of benzene rings is 2. The molecule has 0 aromatic heterocycles. The molecule has 1 fully saturated rings. The van der Waals surface area contributed by atoms with Crippen molar-refractivity contribution < 1.29 is 4.79 Å². The van der Waals surface area contributed by atoms with Crippen molar-refractivity contribution in [3.8, 4) is 0 Å². The maximum atomic E-state index is 13.5. The molecule has 0 radical (unpaired) electrons. The Morgan fingerprint density at radius 2 is 1.53 bits per heavy atom. The number of carbonyl (C=O) groups is 1. The molecule has 1 heterocycles. The molecule has 2 aromatic carbocycles. The normalized spacial score (nSPS) is 14.8. The van der Waals surface area contributed by atoms with E-state index in [2.05, 4.69) is 114 Å². The Morgan fingerprint density at radius 3 is 2.00 bits per heavy atom. The molecule has 4 nitrogen and oxygen atoms in total. The minimum Gasteiger partial charge on any atom is -0.329 e. The number of nitrogens with zero attached hydrogens (tertiary/aromatic N) is 2. The number of rotatable bonds is 6. The van der Waals surface area contributed by atoms with Crippen molar-refractivity contribution in [1.29, 1.82) is 0 Å². The molecule has 0 spiro atoms. The Morgan fingerprint density at radius 1 is 1.06 bits per heavy atom.